The van der Waals surface area contributed by atoms with E-state index >= 15 is 0 Å². The zero-order valence-corrected chi connectivity index (χ0v) is 10.8. The van der Waals surface area contributed by atoms with E-state index in [0.717, 1.165) is 6.92 Å². The summed E-state index contributed by atoms with van der Waals surface area (Å²) in [4.78, 5) is 10.5. The van der Waals surface area contributed by atoms with Gasteiger partial charge in [-0.25, -0.2) is 8.78 Å². The van der Waals surface area contributed by atoms with E-state index in [4.69, 9.17) is 15.6 Å². The van der Waals surface area contributed by atoms with E-state index in [-0.39, 0.29) is 29.7 Å². The van der Waals surface area contributed by atoms with Gasteiger partial charge in [-0.15, -0.1) is 0 Å². The monoisotopic (exact) mass is 273 g/mol. The first-order valence-corrected chi connectivity index (χ1v) is 5.80. The highest BCUT2D eigenvalue weighted by molar-refractivity contribution is 5.66. The largest absolute Gasteiger partial charge is 0.496 e. The van der Waals surface area contributed by atoms with Gasteiger partial charge < -0.3 is 15.6 Å². The Labute approximate surface area is 110 Å². The van der Waals surface area contributed by atoms with Crippen molar-refractivity contribution in [3.63, 3.8) is 0 Å². The first-order valence-electron chi connectivity index (χ1n) is 5.80. The van der Waals surface area contributed by atoms with Gasteiger partial charge in [-0.1, -0.05) is 12.1 Å². The second-order valence-electron chi connectivity index (χ2n) is 4.35. The van der Waals surface area contributed by atoms with Crippen LogP contribution in [-0.2, 0) is 10.7 Å². The molecular formula is C13H17F2NO3. The number of carbonyl (C=O) groups is 1. The summed E-state index contributed by atoms with van der Waals surface area (Å²) in [6.07, 6.45) is -0.0846. The predicted octanol–water partition coefficient (Wildman–Crippen LogP) is 2.67. The molecule has 0 aliphatic heterocycles. The first-order chi connectivity index (χ1) is 8.77. The number of ether oxygens (including phenoxy) is 1. The molecule has 0 radical (unpaired) electrons. The summed E-state index contributed by atoms with van der Waals surface area (Å²) in [5, 5.41) is 8.61. The average molecular weight is 273 g/mol. The van der Waals surface area contributed by atoms with Gasteiger partial charge in [-0.3, -0.25) is 4.79 Å². The number of carboxylic acid groups (broad SMARTS) is 1. The van der Waals surface area contributed by atoms with Crippen molar-refractivity contribution < 1.29 is 23.4 Å². The Morgan fingerprint density at radius 2 is 2.16 bits per heavy atom. The molecule has 106 valence electrons. The zero-order valence-electron chi connectivity index (χ0n) is 10.8. The molecule has 0 fully saturated rings. The van der Waals surface area contributed by atoms with Crippen molar-refractivity contribution in [3.05, 3.63) is 29.3 Å². The molecule has 1 unspecified atom stereocenters. The molecule has 0 heterocycles. The molecule has 0 aliphatic rings. The maximum Gasteiger partial charge on any atom is 0.303 e. The quantitative estimate of drug-likeness (QED) is 0.835. The fraction of sp³-hybridized carbons (Fsp3) is 0.462. The van der Waals surface area contributed by atoms with Crippen LogP contribution in [-0.4, -0.2) is 18.2 Å². The van der Waals surface area contributed by atoms with Gasteiger partial charge in [-0.2, -0.15) is 0 Å². The summed E-state index contributed by atoms with van der Waals surface area (Å²) < 4.78 is 32.3. The third kappa shape index (κ3) is 3.89. The summed E-state index contributed by atoms with van der Waals surface area (Å²) >= 11 is 0. The van der Waals surface area contributed by atoms with E-state index in [1.165, 1.54) is 19.2 Å². The summed E-state index contributed by atoms with van der Waals surface area (Å²) in [6.45, 7) is 0.762. The summed E-state index contributed by atoms with van der Waals surface area (Å²) in [7, 11) is 1.30. The van der Waals surface area contributed by atoms with Gasteiger partial charge >= 0.3 is 5.97 Å². The maximum absolute atomic E-state index is 13.7. The molecule has 19 heavy (non-hydrogen) atoms. The lowest BCUT2D eigenvalue weighted by molar-refractivity contribution is -0.137. The standard InChI is InChI=1S/C13H17F2NO3/c1-13(14,15)12-8(4-3-5-10(12)19-2)9(16)6-7-11(17)18/h3-5,9H,6-7,16H2,1-2H3,(H,17,18). The smallest absolute Gasteiger partial charge is 0.303 e. The van der Waals surface area contributed by atoms with Crippen LogP contribution < -0.4 is 10.5 Å². The van der Waals surface area contributed by atoms with Crippen molar-refractivity contribution in [3.8, 4) is 5.75 Å². The molecule has 4 nitrogen and oxygen atoms in total. The van der Waals surface area contributed by atoms with Gasteiger partial charge in [0.25, 0.3) is 5.92 Å². The molecule has 0 saturated heterocycles. The van der Waals surface area contributed by atoms with Gasteiger partial charge in [0.05, 0.1) is 12.7 Å². The van der Waals surface area contributed by atoms with E-state index in [2.05, 4.69) is 0 Å². The van der Waals surface area contributed by atoms with Crippen LogP contribution in [0.2, 0.25) is 0 Å². The Morgan fingerprint density at radius 1 is 1.53 bits per heavy atom. The van der Waals surface area contributed by atoms with Crippen molar-refractivity contribution in [1.82, 2.24) is 0 Å². The molecule has 1 aromatic rings. The number of alkyl halides is 2. The molecule has 0 bridgehead atoms. The average Bonchev–Trinajstić information content (AvgIpc) is 2.33. The minimum Gasteiger partial charge on any atom is -0.496 e. The minimum absolute atomic E-state index is 0.0516. The summed E-state index contributed by atoms with van der Waals surface area (Å²) in [5.74, 6) is -4.07. The van der Waals surface area contributed by atoms with E-state index in [9.17, 15) is 13.6 Å². The third-order valence-corrected chi connectivity index (χ3v) is 2.79. The Balaban J connectivity index is 3.16. The van der Waals surface area contributed by atoms with Crippen LogP contribution >= 0.6 is 0 Å². The molecule has 0 saturated carbocycles. The van der Waals surface area contributed by atoms with Crippen LogP contribution in [0.5, 0.6) is 5.75 Å². The zero-order chi connectivity index (χ0) is 14.6. The van der Waals surface area contributed by atoms with Crippen LogP contribution in [0.1, 0.15) is 36.9 Å². The fourth-order valence-electron chi connectivity index (χ4n) is 1.93. The number of rotatable bonds is 6. The second kappa shape index (κ2) is 5.97. The molecule has 0 amide bonds. The van der Waals surface area contributed by atoms with Crippen LogP contribution in [0.3, 0.4) is 0 Å². The van der Waals surface area contributed by atoms with Crippen molar-refractivity contribution in [2.24, 2.45) is 5.73 Å². The Kier molecular flexibility index (Phi) is 4.83. The second-order valence-corrected chi connectivity index (χ2v) is 4.35. The van der Waals surface area contributed by atoms with Crippen molar-refractivity contribution >= 4 is 5.97 Å². The highest BCUT2D eigenvalue weighted by atomic mass is 19.3. The molecule has 0 aromatic heterocycles. The normalized spacial score (nSPS) is 13.1. The fourth-order valence-corrected chi connectivity index (χ4v) is 1.93. The van der Waals surface area contributed by atoms with Crippen LogP contribution in [0.15, 0.2) is 18.2 Å². The number of carboxylic acids is 1. The molecule has 6 heteroatoms. The highest BCUT2D eigenvalue weighted by Gasteiger charge is 2.33. The number of nitrogens with two attached hydrogens (primary N) is 1. The van der Waals surface area contributed by atoms with E-state index in [1.807, 2.05) is 0 Å². The summed E-state index contributed by atoms with van der Waals surface area (Å²) in [5.41, 5.74) is 5.75. The Morgan fingerprint density at radius 3 is 2.63 bits per heavy atom. The van der Waals surface area contributed by atoms with E-state index < -0.39 is 17.9 Å². The molecule has 0 spiro atoms. The lowest BCUT2D eigenvalue weighted by Gasteiger charge is -2.22. The van der Waals surface area contributed by atoms with Gasteiger partial charge in [0.2, 0.25) is 0 Å². The third-order valence-electron chi connectivity index (χ3n) is 2.79. The van der Waals surface area contributed by atoms with Gasteiger partial charge in [0.15, 0.2) is 0 Å². The van der Waals surface area contributed by atoms with Gasteiger partial charge in [0.1, 0.15) is 5.75 Å². The SMILES string of the molecule is COc1cccc(C(N)CCC(=O)O)c1C(C)(F)F. The van der Waals surface area contributed by atoms with Crippen LogP contribution in [0.4, 0.5) is 8.78 Å². The molecule has 0 aliphatic carbocycles. The highest BCUT2D eigenvalue weighted by Crippen LogP contribution is 2.39. The van der Waals surface area contributed by atoms with Crippen LogP contribution in [0, 0.1) is 0 Å². The topological polar surface area (TPSA) is 72.5 Å². The van der Waals surface area contributed by atoms with Crippen molar-refractivity contribution in [2.45, 2.75) is 31.7 Å². The molecule has 1 rings (SSSR count). The summed E-state index contributed by atoms with van der Waals surface area (Å²) in [6, 6.07) is 3.69. The Hall–Kier alpha value is -1.69. The number of aliphatic carboxylic acids is 1. The van der Waals surface area contributed by atoms with Crippen LogP contribution in [0.25, 0.3) is 0 Å². The number of methoxy groups -OCH3 is 1. The van der Waals surface area contributed by atoms with E-state index in [1.54, 1.807) is 6.07 Å². The lowest BCUT2D eigenvalue weighted by Crippen LogP contribution is -2.20. The number of hydrogen-bond acceptors (Lipinski definition) is 3. The molecule has 1 atom stereocenters. The maximum atomic E-state index is 13.7. The van der Waals surface area contributed by atoms with E-state index in [0.29, 0.717) is 0 Å². The van der Waals surface area contributed by atoms with Gasteiger partial charge in [0, 0.05) is 19.4 Å². The first kappa shape index (κ1) is 15.4. The van der Waals surface area contributed by atoms with Crippen molar-refractivity contribution in [2.75, 3.05) is 7.11 Å². The number of benzene rings is 1. The minimum atomic E-state index is -3.11. The number of halogens is 2. The predicted molar refractivity (Wildman–Crippen MR) is 66.4 cm³/mol. The number of hydrogen-bond donors (Lipinski definition) is 2. The molecule has 3 N–H and O–H groups in total. The Bertz CT molecular complexity index is 458. The lowest BCUT2D eigenvalue weighted by atomic mass is 9.93. The molecule has 1 aromatic carbocycles. The molecular weight excluding hydrogens is 256 g/mol. The van der Waals surface area contributed by atoms with Crippen molar-refractivity contribution in [1.29, 1.82) is 0 Å². The van der Waals surface area contributed by atoms with Gasteiger partial charge in [-0.05, 0) is 18.1 Å².